The van der Waals surface area contributed by atoms with Gasteiger partial charge in [-0.3, -0.25) is 4.79 Å². The number of hydrogen-bond acceptors (Lipinski definition) is 6. The predicted molar refractivity (Wildman–Crippen MR) is 176 cm³/mol. The molecule has 4 atom stereocenters. The van der Waals surface area contributed by atoms with Crippen LogP contribution in [0.25, 0.3) is 0 Å². The van der Waals surface area contributed by atoms with E-state index in [4.69, 9.17) is 16.3 Å². The lowest BCUT2D eigenvalue weighted by Crippen LogP contribution is -2.50. The van der Waals surface area contributed by atoms with Crippen molar-refractivity contribution >= 4 is 23.3 Å². The standard InChI is InChI=1S/C36H44ClFN4O3/c1-2-24-12-13-32-28(17-24)30(21-36(45-32)14-6-7-15-36)39-22-31(43)29(18-25-9-4-3-5-10-25)40-35(44)26-19-33(37)41-34(20-26)42-16-8-11-27(38)23-42/h3-5,9-10,12-13,17,19-20,27,29-31,39,43H,2,6-8,11,14-16,18,21-23H2,1H3,(H,40,44)/t27-,29+,30+,31+/m1/s1. The van der Waals surface area contributed by atoms with Gasteiger partial charge in [-0.25, -0.2) is 9.37 Å². The van der Waals surface area contributed by atoms with Gasteiger partial charge in [0.15, 0.2) is 0 Å². The quantitative estimate of drug-likeness (QED) is 0.225. The van der Waals surface area contributed by atoms with Crippen LogP contribution in [0.2, 0.25) is 5.15 Å². The lowest BCUT2D eigenvalue weighted by molar-refractivity contribution is 0.0326. The van der Waals surface area contributed by atoms with Gasteiger partial charge in [0.1, 0.15) is 28.5 Å². The van der Waals surface area contributed by atoms with E-state index in [1.54, 1.807) is 6.07 Å². The summed E-state index contributed by atoms with van der Waals surface area (Å²) < 4.78 is 20.8. The Balaban J connectivity index is 1.20. The molecule has 2 fully saturated rings. The summed E-state index contributed by atoms with van der Waals surface area (Å²) in [7, 11) is 0. The summed E-state index contributed by atoms with van der Waals surface area (Å²) in [6, 6.07) is 19.0. The number of benzene rings is 2. The van der Waals surface area contributed by atoms with Gasteiger partial charge in [0.2, 0.25) is 0 Å². The number of piperidine rings is 1. The van der Waals surface area contributed by atoms with Crippen LogP contribution in [0.1, 0.15) is 85.0 Å². The maximum Gasteiger partial charge on any atom is 0.251 e. The molecular formula is C36H44ClFN4O3. The minimum atomic E-state index is -0.936. The number of hydrogen-bond donors (Lipinski definition) is 3. The van der Waals surface area contributed by atoms with E-state index in [0.29, 0.717) is 43.7 Å². The number of ether oxygens (including phenoxy) is 1. The molecule has 3 N–H and O–H groups in total. The summed E-state index contributed by atoms with van der Waals surface area (Å²) in [5.74, 6) is 1.06. The van der Waals surface area contributed by atoms with Crippen molar-refractivity contribution < 1.29 is 19.0 Å². The fraction of sp³-hybridized carbons (Fsp3) is 0.500. The van der Waals surface area contributed by atoms with E-state index < -0.39 is 18.3 Å². The van der Waals surface area contributed by atoms with Crippen molar-refractivity contribution in [3.8, 4) is 5.75 Å². The van der Waals surface area contributed by atoms with Gasteiger partial charge in [-0.1, -0.05) is 61.0 Å². The molecule has 1 saturated carbocycles. The summed E-state index contributed by atoms with van der Waals surface area (Å²) in [5, 5.41) is 18.6. The molecule has 1 saturated heterocycles. The number of carbonyl (C=O) groups excluding carboxylic acids is 1. The molecule has 1 amide bonds. The van der Waals surface area contributed by atoms with Crippen molar-refractivity contribution in [1.82, 2.24) is 15.6 Å². The number of pyridine rings is 1. The first-order valence-corrected chi connectivity index (χ1v) is 16.8. The summed E-state index contributed by atoms with van der Waals surface area (Å²) in [6.45, 7) is 3.33. The van der Waals surface area contributed by atoms with E-state index in [0.717, 1.165) is 55.4 Å². The van der Waals surface area contributed by atoms with Gasteiger partial charge in [0.25, 0.3) is 5.91 Å². The molecule has 0 unspecified atom stereocenters. The van der Waals surface area contributed by atoms with Gasteiger partial charge in [0, 0.05) is 36.7 Å². The van der Waals surface area contributed by atoms with E-state index in [1.165, 1.54) is 11.6 Å². The van der Waals surface area contributed by atoms with E-state index in [9.17, 15) is 14.3 Å². The van der Waals surface area contributed by atoms with Crippen LogP contribution >= 0.6 is 11.6 Å². The van der Waals surface area contributed by atoms with Crippen molar-refractivity contribution in [3.05, 3.63) is 88.1 Å². The first-order chi connectivity index (χ1) is 21.8. The second-order valence-electron chi connectivity index (χ2n) is 12.9. The first kappa shape index (κ1) is 31.8. The highest BCUT2D eigenvalue weighted by molar-refractivity contribution is 6.30. The Kier molecular flexibility index (Phi) is 9.93. The molecule has 45 heavy (non-hydrogen) atoms. The molecule has 6 rings (SSSR count). The average Bonchev–Trinajstić information content (AvgIpc) is 3.50. The molecule has 3 aliphatic rings. The summed E-state index contributed by atoms with van der Waals surface area (Å²) in [6.07, 6.45) is 6.07. The van der Waals surface area contributed by atoms with Crippen molar-refractivity contribution in [2.24, 2.45) is 0 Å². The lowest BCUT2D eigenvalue weighted by atomic mass is 9.85. The normalized spacial score (nSPS) is 22.0. The van der Waals surface area contributed by atoms with Crippen molar-refractivity contribution in [2.75, 3.05) is 24.5 Å². The number of alkyl halides is 1. The number of anilines is 1. The average molecular weight is 635 g/mol. The Morgan fingerprint density at radius 1 is 1.13 bits per heavy atom. The monoisotopic (exact) mass is 634 g/mol. The molecule has 1 spiro atoms. The van der Waals surface area contributed by atoms with Crippen LogP contribution in [0.3, 0.4) is 0 Å². The van der Waals surface area contributed by atoms with Crippen LogP contribution in [0.5, 0.6) is 5.75 Å². The zero-order valence-corrected chi connectivity index (χ0v) is 26.7. The molecule has 1 aromatic heterocycles. The highest BCUT2D eigenvalue weighted by Gasteiger charge is 2.43. The van der Waals surface area contributed by atoms with Crippen LogP contribution in [-0.2, 0) is 12.8 Å². The molecule has 9 heteroatoms. The van der Waals surface area contributed by atoms with E-state index >= 15 is 0 Å². The zero-order valence-electron chi connectivity index (χ0n) is 26.0. The molecule has 3 aromatic rings. The number of aryl methyl sites for hydroxylation is 1. The molecule has 240 valence electrons. The minimum absolute atomic E-state index is 0.0338. The van der Waals surface area contributed by atoms with Gasteiger partial charge in [0.05, 0.1) is 18.7 Å². The molecular weight excluding hydrogens is 591 g/mol. The second-order valence-corrected chi connectivity index (χ2v) is 13.3. The van der Waals surface area contributed by atoms with Gasteiger partial charge < -0.3 is 25.4 Å². The van der Waals surface area contributed by atoms with Crippen LogP contribution in [-0.4, -0.2) is 59.6 Å². The second kappa shape index (κ2) is 14.1. The SMILES string of the molecule is CCc1ccc2c(c1)[C@@H](NC[C@H](O)[C@H](Cc1ccccc1)NC(=O)c1cc(Cl)nc(N3CCC[C@@H](F)C3)c1)CC1(CCCC1)O2. The van der Waals surface area contributed by atoms with Crippen molar-refractivity contribution in [3.63, 3.8) is 0 Å². The van der Waals surface area contributed by atoms with Gasteiger partial charge >= 0.3 is 0 Å². The molecule has 0 radical (unpaired) electrons. The molecule has 0 bridgehead atoms. The van der Waals surface area contributed by atoms with Crippen molar-refractivity contribution in [2.45, 2.75) is 94.7 Å². The van der Waals surface area contributed by atoms with Crippen LogP contribution in [0.15, 0.2) is 60.7 Å². The predicted octanol–water partition coefficient (Wildman–Crippen LogP) is 6.36. The Labute approximate surface area is 270 Å². The number of rotatable bonds is 10. The van der Waals surface area contributed by atoms with E-state index in [-0.39, 0.29) is 29.2 Å². The van der Waals surface area contributed by atoms with Gasteiger partial charge in [-0.2, -0.15) is 0 Å². The molecule has 1 aliphatic carbocycles. The maximum atomic E-state index is 14.1. The molecule has 2 aromatic carbocycles. The Morgan fingerprint density at radius 2 is 1.93 bits per heavy atom. The fourth-order valence-corrected chi connectivity index (χ4v) is 7.37. The summed E-state index contributed by atoms with van der Waals surface area (Å²) >= 11 is 6.35. The first-order valence-electron chi connectivity index (χ1n) is 16.5. The number of nitrogens with one attached hydrogen (secondary N) is 2. The van der Waals surface area contributed by atoms with Gasteiger partial charge in [-0.15, -0.1) is 0 Å². The topological polar surface area (TPSA) is 86.7 Å². The number of carbonyl (C=O) groups is 1. The van der Waals surface area contributed by atoms with Crippen LogP contribution in [0, 0.1) is 0 Å². The zero-order chi connectivity index (χ0) is 31.4. The summed E-state index contributed by atoms with van der Waals surface area (Å²) in [4.78, 5) is 19.9. The number of aromatic nitrogens is 1. The van der Waals surface area contributed by atoms with Crippen LogP contribution < -0.4 is 20.3 Å². The third-order valence-electron chi connectivity index (χ3n) is 9.66. The number of nitrogens with zero attached hydrogens (tertiary/aromatic N) is 2. The highest BCUT2D eigenvalue weighted by atomic mass is 35.5. The largest absolute Gasteiger partial charge is 0.487 e. The van der Waals surface area contributed by atoms with Gasteiger partial charge in [-0.05, 0) is 80.7 Å². The minimum Gasteiger partial charge on any atom is -0.487 e. The van der Waals surface area contributed by atoms with Crippen LogP contribution in [0.4, 0.5) is 10.2 Å². The third-order valence-corrected chi connectivity index (χ3v) is 9.85. The number of amides is 1. The molecule has 2 aliphatic heterocycles. The third kappa shape index (κ3) is 7.62. The van der Waals surface area contributed by atoms with E-state index in [1.807, 2.05) is 35.2 Å². The molecule has 3 heterocycles. The number of aliphatic hydroxyl groups excluding tert-OH is 1. The molecule has 7 nitrogen and oxygen atoms in total. The number of fused-ring (bicyclic) bond motifs is 1. The Morgan fingerprint density at radius 3 is 2.69 bits per heavy atom. The Hall–Kier alpha value is -3.20. The number of aliphatic hydroxyl groups is 1. The number of halogens is 2. The highest BCUT2D eigenvalue weighted by Crippen LogP contribution is 2.47. The Bertz CT molecular complexity index is 1470. The smallest absolute Gasteiger partial charge is 0.251 e. The fourth-order valence-electron chi connectivity index (χ4n) is 7.17. The lowest BCUT2D eigenvalue weighted by Gasteiger charge is -2.41. The summed E-state index contributed by atoms with van der Waals surface area (Å²) in [5.41, 5.74) is 3.55. The van der Waals surface area contributed by atoms with E-state index in [2.05, 4.69) is 40.7 Å². The maximum absolute atomic E-state index is 14.1. The van der Waals surface area contributed by atoms with Crippen molar-refractivity contribution in [1.29, 1.82) is 0 Å².